The van der Waals surface area contributed by atoms with Crippen LogP contribution in [0.3, 0.4) is 0 Å². The van der Waals surface area contributed by atoms with Gasteiger partial charge in [0.25, 0.3) is 5.89 Å². The zero-order chi connectivity index (χ0) is 23.0. The van der Waals surface area contributed by atoms with Gasteiger partial charge in [0, 0.05) is 17.5 Å². The molecule has 2 heterocycles. The van der Waals surface area contributed by atoms with Gasteiger partial charge in [-0.2, -0.15) is 4.98 Å². The van der Waals surface area contributed by atoms with Crippen molar-refractivity contribution in [1.82, 2.24) is 10.1 Å². The molecule has 2 aromatic carbocycles. The normalized spacial score (nSPS) is 20.5. The van der Waals surface area contributed by atoms with E-state index < -0.39 is 11.4 Å². The van der Waals surface area contributed by atoms with Crippen molar-refractivity contribution in [2.45, 2.75) is 50.7 Å². The lowest BCUT2D eigenvalue weighted by Crippen LogP contribution is -2.22. The fraction of sp³-hybridized carbons (Fsp3) is 0.375. The number of rotatable bonds is 6. The highest BCUT2D eigenvalue weighted by molar-refractivity contribution is 6.33. The minimum atomic E-state index is -0.945. The molecule has 1 saturated carbocycles. The Bertz CT molecular complexity index is 1210. The van der Waals surface area contributed by atoms with E-state index in [0.717, 1.165) is 24.1 Å². The summed E-state index contributed by atoms with van der Waals surface area (Å²) in [7, 11) is 1.63. The van der Waals surface area contributed by atoms with Crippen LogP contribution in [0.2, 0.25) is 5.02 Å². The molecular formula is C24H23ClFN3O4. The van der Waals surface area contributed by atoms with E-state index >= 15 is 0 Å². The Labute approximate surface area is 195 Å². The number of methoxy groups -OCH3 is 1. The van der Waals surface area contributed by atoms with Crippen LogP contribution in [-0.4, -0.2) is 29.1 Å². The third kappa shape index (κ3) is 4.27. The monoisotopic (exact) mass is 471 g/mol. The zero-order valence-corrected chi connectivity index (χ0v) is 19.1. The van der Waals surface area contributed by atoms with Gasteiger partial charge in [-0.05, 0) is 69.0 Å². The van der Waals surface area contributed by atoms with Gasteiger partial charge in [0.1, 0.15) is 5.82 Å². The van der Waals surface area contributed by atoms with Crippen molar-refractivity contribution < 1.29 is 23.2 Å². The summed E-state index contributed by atoms with van der Waals surface area (Å²) in [4.78, 5) is 10.2. The summed E-state index contributed by atoms with van der Waals surface area (Å²) in [6, 6.07) is 9.74. The van der Waals surface area contributed by atoms with Crippen molar-refractivity contribution >= 4 is 17.3 Å². The van der Waals surface area contributed by atoms with Gasteiger partial charge in [0.15, 0.2) is 11.5 Å². The van der Waals surface area contributed by atoms with E-state index in [4.69, 9.17) is 30.4 Å². The van der Waals surface area contributed by atoms with Crippen LogP contribution in [-0.2, 0) is 10.4 Å². The first-order valence-electron chi connectivity index (χ1n) is 10.8. The van der Waals surface area contributed by atoms with Crippen LogP contribution in [0.1, 0.15) is 50.5 Å². The molecule has 33 heavy (non-hydrogen) atoms. The van der Waals surface area contributed by atoms with Gasteiger partial charge < -0.3 is 18.8 Å². The maximum atomic E-state index is 13.4. The standard InChI is InChI=1S/C24H23ClFN3O4/c1-24(23-27-22(29-32-23)17-9-8-15(26)12-18(17)25)13-19(28-33-24)14-7-10-20(30-2)21(11-14)31-16-5-3-4-6-16/h7-12,16H,3-6,13H2,1-2H3. The number of aromatic nitrogens is 2. The van der Waals surface area contributed by atoms with Crippen molar-refractivity contribution in [2.75, 3.05) is 7.11 Å². The van der Waals surface area contributed by atoms with Crippen LogP contribution in [0, 0.1) is 5.82 Å². The quantitative estimate of drug-likeness (QED) is 0.445. The lowest BCUT2D eigenvalue weighted by Gasteiger charge is -2.17. The second-order valence-electron chi connectivity index (χ2n) is 8.47. The average molecular weight is 472 g/mol. The van der Waals surface area contributed by atoms with Gasteiger partial charge >= 0.3 is 0 Å². The van der Waals surface area contributed by atoms with Crippen molar-refractivity contribution in [3.05, 3.63) is 58.7 Å². The molecule has 1 aliphatic carbocycles. The Morgan fingerprint density at radius 3 is 2.70 bits per heavy atom. The van der Waals surface area contributed by atoms with Crippen molar-refractivity contribution in [2.24, 2.45) is 5.16 Å². The van der Waals surface area contributed by atoms with E-state index in [1.54, 1.807) is 7.11 Å². The SMILES string of the molecule is COc1ccc(C2=NOC(C)(c3nc(-c4ccc(F)cc4Cl)no3)C2)cc1OC1CCCC1. The summed E-state index contributed by atoms with van der Waals surface area (Å²) >= 11 is 6.13. The first kappa shape index (κ1) is 21.7. The molecule has 7 nitrogen and oxygen atoms in total. The van der Waals surface area contributed by atoms with Crippen molar-refractivity contribution in [3.63, 3.8) is 0 Å². The van der Waals surface area contributed by atoms with Gasteiger partial charge in [0.05, 0.1) is 23.9 Å². The predicted octanol–water partition coefficient (Wildman–Crippen LogP) is 5.90. The predicted molar refractivity (Wildman–Crippen MR) is 120 cm³/mol. The van der Waals surface area contributed by atoms with Gasteiger partial charge in [-0.15, -0.1) is 0 Å². The molecule has 2 aliphatic rings. The van der Waals surface area contributed by atoms with Crippen LogP contribution >= 0.6 is 11.6 Å². The van der Waals surface area contributed by atoms with Crippen molar-refractivity contribution in [1.29, 1.82) is 0 Å². The largest absolute Gasteiger partial charge is 0.493 e. The fourth-order valence-corrected chi connectivity index (χ4v) is 4.41. The Morgan fingerprint density at radius 2 is 1.94 bits per heavy atom. The van der Waals surface area contributed by atoms with E-state index in [1.165, 1.54) is 31.0 Å². The third-order valence-corrected chi connectivity index (χ3v) is 6.32. The molecular weight excluding hydrogens is 449 g/mol. The van der Waals surface area contributed by atoms with Gasteiger partial charge in [0.2, 0.25) is 11.4 Å². The highest BCUT2D eigenvalue weighted by Gasteiger charge is 2.42. The fourth-order valence-electron chi connectivity index (χ4n) is 4.16. The molecule has 0 amide bonds. The van der Waals surface area contributed by atoms with Crippen LogP contribution in [0.15, 0.2) is 46.1 Å². The molecule has 9 heteroatoms. The number of hydrogen-bond acceptors (Lipinski definition) is 7. The minimum Gasteiger partial charge on any atom is -0.493 e. The number of nitrogens with zero attached hydrogens (tertiary/aromatic N) is 3. The molecule has 3 aromatic rings. The van der Waals surface area contributed by atoms with Gasteiger partial charge in [-0.3, -0.25) is 0 Å². The maximum absolute atomic E-state index is 13.4. The second-order valence-corrected chi connectivity index (χ2v) is 8.88. The molecule has 1 fully saturated rings. The topological polar surface area (TPSA) is 79.0 Å². The van der Waals surface area contributed by atoms with Crippen LogP contribution in [0.5, 0.6) is 11.5 Å². The minimum absolute atomic E-state index is 0.199. The Kier molecular flexibility index (Phi) is 5.70. The molecule has 0 saturated heterocycles. The zero-order valence-electron chi connectivity index (χ0n) is 18.3. The third-order valence-electron chi connectivity index (χ3n) is 6.01. The Balaban J connectivity index is 1.36. The highest BCUT2D eigenvalue weighted by Crippen LogP contribution is 2.39. The molecule has 1 atom stereocenters. The Morgan fingerprint density at radius 1 is 1.12 bits per heavy atom. The highest BCUT2D eigenvalue weighted by atomic mass is 35.5. The first-order chi connectivity index (χ1) is 15.9. The van der Waals surface area contributed by atoms with E-state index in [2.05, 4.69) is 15.3 Å². The summed E-state index contributed by atoms with van der Waals surface area (Å²) in [5, 5.41) is 8.49. The average Bonchev–Trinajstić information content (AvgIpc) is 3.55. The van der Waals surface area contributed by atoms with E-state index in [0.29, 0.717) is 23.5 Å². The molecule has 0 spiro atoms. The molecule has 0 N–H and O–H groups in total. The summed E-state index contributed by atoms with van der Waals surface area (Å²) in [5.74, 6) is 1.46. The van der Waals surface area contributed by atoms with E-state index in [1.807, 2.05) is 25.1 Å². The Hall–Kier alpha value is -3.13. The molecule has 1 aliphatic heterocycles. The maximum Gasteiger partial charge on any atom is 0.274 e. The molecule has 0 radical (unpaired) electrons. The van der Waals surface area contributed by atoms with Crippen molar-refractivity contribution in [3.8, 4) is 22.9 Å². The van der Waals surface area contributed by atoms with E-state index in [-0.39, 0.29) is 22.8 Å². The summed E-state index contributed by atoms with van der Waals surface area (Å²) in [6.07, 6.45) is 5.08. The molecule has 1 unspecified atom stereocenters. The summed E-state index contributed by atoms with van der Waals surface area (Å²) < 4.78 is 30.5. The molecule has 1 aromatic heterocycles. The van der Waals surface area contributed by atoms with Crippen LogP contribution in [0.4, 0.5) is 4.39 Å². The molecule has 0 bridgehead atoms. The van der Waals surface area contributed by atoms with Gasteiger partial charge in [-0.1, -0.05) is 21.9 Å². The molecule has 5 rings (SSSR count). The number of hydrogen-bond donors (Lipinski definition) is 0. The summed E-state index contributed by atoms with van der Waals surface area (Å²) in [6.45, 7) is 1.83. The van der Waals surface area contributed by atoms with E-state index in [9.17, 15) is 4.39 Å². The second kappa shape index (κ2) is 8.67. The van der Waals surface area contributed by atoms with Crippen LogP contribution < -0.4 is 9.47 Å². The number of oxime groups is 1. The van der Waals surface area contributed by atoms with Crippen LogP contribution in [0.25, 0.3) is 11.4 Å². The molecule has 172 valence electrons. The first-order valence-corrected chi connectivity index (χ1v) is 11.2. The lowest BCUT2D eigenvalue weighted by atomic mass is 9.95. The number of ether oxygens (including phenoxy) is 2. The number of halogens is 2. The smallest absolute Gasteiger partial charge is 0.274 e. The summed E-state index contributed by atoms with van der Waals surface area (Å²) in [5.41, 5.74) is 1.13. The van der Waals surface area contributed by atoms with Gasteiger partial charge in [-0.25, -0.2) is 4.39 Å². The number of benzene rings is 2. The lowest BCUT2D eigenvalue weighted by molar-refractivity contribution is -0.0313.